The molecule has 0 radical (unpaired) electrons. The first kappa shape index (κ1) is 25.6. The van der Waals surface area contributed by atoms with Gasteiger partial charge in [-0.05, 0) is 73.4 Å². The minimum absolute atomic E-state index is 0.0242. The highest BCUT2D eigenvalue weighted by Crippen LogP contribution is 2.32. The Morgan fingerprint density at radius 2 is 1.84 bits per heavy atom. The Kier molecular flexibility index (Phi) is 7.46. The van der Waals surface area contributed by atoms with E-state index in [1.54, 1.807) is 36.4 Å². The van der Waals surface area contributed by atoms with E-state index in [4.69, 9.17) is 9.40 Å². The number of sulfonamides is 1. The van der Waals surface area contributed by atoms with Crippen LogP contribution in [-0.4, -0.2) is 36.7 Å². The van der Waals surface area contributed by atoms with Gasteiger partial charge in [-0.2, -0.15) is 4.31 Å². The monoisotopic (exact) mass is 537 g/mol. The molecule has 4 aromatic rings. The van der Waals surface area contributed by atoms with Gasteiger partial charge in [0.1, 0.15) is 5.76 Å². The third-order valence-corrected chi connectivity index (χ3v) is 10.1. The van der Waals surface area contributed by atoms with E-state index < -0.39 is 10.0 Å². The van der Waals surface area contributed by atoms with Gasteiger partial charge < -0.3 is 4.42 Å². The van der Waals surface area contributed by atoms with Crippen LogP contribution in [0.1, 0.15) is 60.7 Å². The maximum atomic E-state index is 13.7. The van der Waals surface area contributed by atoms with Gasteiger partial charge >= 0.3 is 0 Å². The number of rotatable bonds is 8. The molecule has 2 aromatic carbocycles. The molecule has 2 aromatic heterocycles. The summed E-state index contributed by atoms with van der Waals surface area (Å²) in [5, 5.41) is 0.568. The van der Waals surface area contributed by atoms with E-state index in [1.165, 1.54) is 33.3 Å². The number of carbonyl (C=O) groups is 1. The van der Waals surface area contributed by atoms with Crippen LogP contribution in [0.5, 0.6) is 0 Å². The van der Waals surface area contributed by atoms with Crippen molar-refractivity contribution >= 4 is 42.6 Å². The summed E-state index contributed by atoms with van der Waals surface area (Å²) in [6.45, 7) is 2.32. The molecule has 9 heteroatoms. The molecule has 1 amide bonds. The van der Waals surface area contributed by atoms with Gasteiger partial charge in [0.2, 0.25) is 10.0 Å². The Balaban J connectivity index is 1.43. The van der Waals surface area contributed by atoms with E-state index in [-0.39, 0.29) is 23.4 Å². The van der Waals surface area contributed by atoms with E-state index in [1.807, 2.05) is 18.2 Å². The molecule has 194 valence electrons. The maximum absolute atomic E-state index is 13.7. The summed E-state index contributed by atoms with van der Waals surface area (Å²) in [4.78, 5) is 20.2. The average Bonchev–Trinajstić information content (AvgIpc) is 3.60. The van der Waals surface area contributed by atoms with Crippen LogP contribution in [0.2, 0.25) is 0 Å². The van der Waals surface area contributed by atoms with Gasteiger partial charge in [-0.25, -0.2) is 13.4 Å². The van der Waals surface area contributed by atoms with Crippen molar-refractivity contribution in [1.29, 1.82) is 0 Å². The van der Waals surface area contributed by atoms with Crippen LogP contribution in [0.3, 0.4) is 0 Å². The lowest BCUT2D eigenvalue weighted by Gasteiger charge is -2.30. The number of fused-ring (bicyclic) bond motifs is 1. The van der Waals surface area contributed by atoms with Crippen molar-refractivity contribution in [3.05, 3.63) is 77.7 Å². The molecule has 0 aliphatic heterocycles. The number of aryl methyl sites for hydroxylation is 1. The highest BCUT2D eigenvalue weighted by Gasteiger charge is 2.30. The summed E-state index contributed by atoms with van der Waals surface area (Å²) in [6.07, 6.45) is 7.52. The number of carbonyl (C=O) groups excluding carboxylic acids is 1. The minimum Gasteiger partial charge on any atom is -0.467 e. The van der Waals surface area contributed by atoms with Crippen LogP contribution in [0.25, 0.3) is 10.2 Å². The minimum atomic E-state index is -3.64. The summed E-state index contributed by atoms with van der Waals surface area (Å²) in [7, 11) is -1.98. The summed E-state index contributed by atoms with van der Waals surface area (Å²) in [5.74, 6) is 0.367. The van der Waals surface area contributed by atoms with E-state index in [0.29, 0.717) is 16.5 Å². The first-order chi connectivity index (χ1) is 17.9. The molecule has 0 N–H and O–H groups in total. The lowest BCUT2D eigenvalue weighted by atomic mass is 9.96. The molecule has 0 spiro atoms. The Hall–Kier alpha value is -3.01. The zero-order valence-corrected chi connectivity index (χ0v) is 22.7. The molecule has 0 saturated heterocycles. The van der Waals surface area contributed by atoms with Gasteiger partial charge in [0.25, 0.3) is 5.91 Å². The molecule has 1 fully saturated rings. The first-order valence-electron chi connectivity index (χ1n) is 12.7. The van der Waals surface area contributed by atoms with E-state index in [9.17, 15) is 13.2 Å². The molecule has 0 bridgehead atoms. The van der Waals surface area contributed by atoms with Gasteiger partial charge in [-0.3, -0.25) is 9.69 Å². The van der Waals surface area contributed by atoms with Crippen molar-refractivity contribution in [2.75, 3.05) is 11.9 Å². The Morgan fingerprint density at radius 3 is 2.51 bits per heavy atom. The molecule has 1 aliphatic carbocycles. The zero-order valence-electron chi connectivity index (χ0n) is 21.1. The molecular formula is C28H31N3O4S2. The fraction of sp³-hybridized carbons (Fsp3) is 0.357. The van der Waals surface area contributed by atoms with Crippen molar-refractivity contribution < 1.29 is 17.6 Å². The van der Waals surface area contributed by atoms with Crippen molar-refractivity contribution in [3.63, 3.8) is 0 Å². The van der Waals surface area contributed by atoms with Crippen LogP contribution in [-0.2, 0) is 23.0 Å². The van der Waals surface area contributed by atoms with Crippen molar-refractivity contribution in [2.45, 2.75) is 62.9 Å². The number of benzene rings is 2. The van der Waals surface area contributed by atoms with Crippen molar-refractivity contribution in [3.8, 4) is 0 Å². The molecular weight excluding hydrogens is 506 g/mol. The number of furan rings is 1. The smallest absolute Gasteiger partial charge is 0.260 e. The normalized spacial score (nSPS) is 14.9. The topological polar surface area (TPSA) is 83.7 Å². The quantitative estimate of drug-likeness (QED) is 0.265. The van der Waals surface area contributed by atoms with Crippen LogP contribution in [0.4, 0.5) is 5.13 Å². The van der Waals surface area contributed by atoms with Crippen LogP contribution >= 0.6 is 11.3 Å². The maximum Gasteiger partial charge on any atom is 0.260 e. The number of hydrogen-bond donors (Lipinski definition) is 0. The second-order valence-corrected chi connectivity index (χ2v) is 12.5. The predicted octanol–water partition coefficient (Wildman–Crippen LogP) is 6.25. The van der Waals surface area contributed by atoms with Gasteiger partial charge in [-0.15, -0.1) is 0 Å². The molecule has 1 saturated carbocycles. The molecule has 7 nitrogen and oxygen atoms in total. The predicted molar refractivity (Wildman–Crippen MR) is 146 cm³/mol. The summed E-state index contributed by atoms with van der Waals surface area (Å²) < 4.78 is 34.5. The number of thiazole rings is 1. The second kappa shape index (κ2) is 10.8. The summed E-state index contributed by atoms with van der Waals surface area (Å²) in [6, 6.07) is 16.0. The Morgan fingerprint density at radius 1 is 1.08 bits per heavy atom. The van der Waals surface area contributed by atoms with E-state index in [0.717, 1.165) is 48.7 Å². The van der Waals surface area contributed by atoms with Gasteiger partial charge in [0.15, 0.2) is 5.13 Å². The molecule has 37 heavy (non-hydrogen) atoms. The number of aromatic nitrogens is 1. The molecule has 0 atom stereocenters. The van der Waals surface area contributed by atoms with Crippen molar-refractivity contribution in [1.82, 2.24) is 9.29 Å². The summed E-state index contributed by atoms with van der Waals surface area (Å²) in [5.41, 5.74) is 2.43. The van der Waals surface area contributed by atoms with Crippen LogP contribution in [0, 0.1) is 0 Å². The Labute approximate surface area is 221 Å². The standard InChI is InChI=1S/C28H31N3O4S2/c1-3-20-11-16-25-26(18-20)36-28(29-25)31(19-23-10-7-17-35-23)27(32)21-12-14-24(15-13-21)37(33,34)30(2)22-8-5-4-6-9-22/h7,10-18,22H,3-6,8-9,19H2,1-2H3. The number of amides is 1. The van der Waals surface area contributed by atoms with Crippen molar-refractivity contribution in [2.24, 2.45) is 0 Å². The lowest BCUT2D eigenvalue weighted by molar-refractivity contribution is 0.0983. The fourth-order valence-electron chi connectivity index (χ4n) is 4.81. The van der Waals surface area contributed by atoms with E-state index >= 15 is 0 Å². The zero-order chi connectivity index (χ0) is 26.0. The highest BCUT2D eigenvalue weighted by molar-refractivity contribution is 7.89. The third kappa shape index (κ3) is 5.35. The number of anilines is 1. The molecule has 0 unspecified atom stereocenters. The second-order valence-electron chi connectivity index (χ2n) is 9.46. The van der Waals surface area contributed by atoms with Crippen LogP contribution in [0.15, 0.2) is 70.2 Å². The van der Waals surface area contributed by atoms with Gasteiger partial charge in [0, 0.05) is 18.7 Å². The molecule has 5 rings (SSSR count). The highest BCUT2D eigenvalue weighted by atomic mass is 32.2. The lowest BCUT2D eigenvalue weighted by Crippen LogP contribution is -2.38. The number of hydrogen-bond acceptors (Lipinski definition) is 6. The first-order valence-corrected chi connectivity index (χ1v) is 14.9. The molecule has 1 aliphatic rings. The fourth-order valence-corrected chi connectivity index (χ4v) is 7.25. The van der Waals surface area contributed by atoms with E-state index in [2.05, 4.69) is 13.0 Å². The third-order valence-electron chi connectivity index (χ3n) is 7.09. The Bertz CT molecular complexity index is 1470. The number of nitrogens with zero attached hydrogens (tertiary/aromatic N) is 3. The summed E-state index contributed by atoms with van der Waals surface area (Å²) >= 11 is 1.46. The van der Waals surface area contributed by atoms with Gasteiger partial charge in [-0.1, -0.05) is 43.6 Å². The van der Waals surface area contributed by atoms with Crippen LogP contribution < -0.4 is 4.90 Å². The largest absolute Gasteiger partial charge is 0.467 e. The SMILES string of the molecule is CCc1ccc2nc(N(Cc3ccco3)C(=O)c3ccc(S(=O)(=O)N(C)C4CCCCC4)cc3)sc2c1. The van der Waals surface area contributed by atoms with Gasteiger partial charge in [0.05, 0.1) is 27.9 Å². The molecule has 2 heterocycles. The average molecular weight is 538 g/mol.